The Labute approximate surface area is 149 Å². The van der Waals surface area contributed by atoms with Crippen molar-refractivity contribution in [2.75, 3.05) is 18.9 Å². The summed E-state index contributed by atoms with van der Waals surface area (Å²) in [6, 6.07) is 15.1. The van der Waals surface area contributed by atoms with E-state index in [-0.39, 0.29) is 23.8 Å². The smallest absolute Gasteiger partial charge is 0.254 e. The van der Waals surface area contributed by atoms with Crippen LogP contribution in [0.3, 0.4) is 0 Å². The molecular formula is C21H26N2O2. The fourth-order valence-corrected chi connectivity index (χ4v) is 2.46. The van der Waals surface area contributed by atoms with Crippen LogP contribution in [-0.2, 0) is 10.2 Å². The maximum atomic E-state index is 12.5. The molecule has 0 saturated heterocycles. The quantitative estimate of drug-likeness (QED) is 0.916. The highest BCUT2D eigenvalue weighted by Gasteiger charge is 2.17. The zero-order valence-electron chi connectivity index (χ0n) is 15.6. The number of amides is 2. The van der Waals surface area contributed by atoms with Gasteiger partial charge in [0.15, 0.2) is 0 Å². The SMILES string of the molecule is Cc1ccc(NC(=O)CN(C)C(=O)c2ccc(C(C)(C)C)cc2)cc1. The number of benzene rings is 2. The van der Waals surface area contributed by atoms with Crippen molar-refractivity contribution < 1.29 is 9.59 Å². The van der Waals surface area contributed by atoms with Crippen molar-refractivity contribution in [2.24, 2.45) is 0 Å². The Kier molecular flexibility index (Phi) is 5.62. The van der Waals surface area contributed by atoms with E-state index in [4.69, 9.17) is 0 Å². The number of nitrogens with zero attached hydrogens (tertiary/aromatic N) is 1. The summed E-state index contributed by atoms with van der Waals surface area (Å²) in [5.41, 5.74) is 3.65. The van der Waals surface area contributed by atoms with Crippen molar-refractivity contribution in [3.05, 3.63) is 65.2 Å². The van der Waals surface area contributed by atoms with E-state index in [1.807, 2.05) is 55.5 Å². The molecule has 4 nitrogen and oxygen atoms in total. The summed E-state index contributed by atoms with van der Waals surface area (Å²) < 4.78 is 0. The minimum Gasteiger partial charge on any atom is -0.332 e. The minimum atomic E-state index is -0.217. The Hall–Kier alpha value is -2.62. The molecule has 0 aromatic heterocycles. The van der Waals surface area contributed by atoms with Crippen LogP contribution in [0.1, 0.15) is 42.3 Å². The topological polar surface area (TPSA) is 49.4 Å². The van der Waals surface area contributed by atoms with Gasteiger partial charge < -0.3 is 10.2 Å². The zero-order valence-corrected chi connectivity index (χ0v) is 15.6. The fourth-order valence-electron chi connectivity index (χ4n) is 2.46. The summed E-state index contributed by atoms with van der Waals surface area (Å²) in [6.45, 7) is 8.39. The van der Waals surface area contributed by atoms with Gasteiger partial charge in [-0.05, 0) is 42.2 Å². The molecule has 2 aromatic carbocycles. The fraction of sp³-hybridized carbons (Fsp3) is 0.333. The molecule has 4 heteroatoms. The first kappa shape index (κ1) is 18.7. The van der Waals surface area contributed by atoms with Gasteiger partial charge in [0.25, 0.3) is 5.91 Å². The van der Waals surface area contributed by atoms with Crippen LogP contribution < -0.4 is 5.32 Å². The molecular weight excluding hydrogens is 312 g/mol. The van der Waals surface area contributed by atoms with E-state index >= 15 is 0 Å². The number of rotatable bonds is 4. The first-order chi connectivity index (χ1) is 11.7. The lowest BCUT2D eigenvalue weighted by molar-refractivity contribution is -0.116. The molecule has 0 radical (unpaired) electrons. The van der Waals surface area contributed by atoms with Gasteiger partial charge in [-0.3, -0.25) is 9.59 Å². The number of hydrogen-bond donors (Lipinski definition) is 1. The Morgan fingerprint density at radius 1 is 0.960 bits per heavy atom. The summed E-state index contributed by atoms with van der Waals surface area (Å²) in [6.07, 6.45) is 0. The first-order valence-corrected chi connectivity index (χ1v) is 8.39. The second-order valence-electron chi connectivity index (χ2n) is 7.40. The van der Waals surface area contributed by atoms with Crippen LogP contribution in [0.4, 0.5) is 5.69 Å². The van der Waals surface area contributed by atoms with Crippen LogP contribution in [0.25, 0.3) is 0 Å². The number of nitrogens with one attached hydrogen (secondary N) is 1. The van der Waals surface area contributed by atoms with E-state index in [0.717, 1.165) is 11.3 Å². The molecule has 0 spiro atoms. The maximum absolute atomic E-state index is 12.5. The van der Waals surface area contributed by atoms with Gasteiger partial charge in [-0.25, -0.2) is 0 Å². The van der Waals surface area contributed by atoms with Crippen LogP contribution in [-0.4, -0.2) is 30.3 Å². The third kappa shape index (κ3) is 5.18. The molecule has 0 unspecified atom stereocenters. The average molecular weight is 338 g/mol. The molecule has 1 N–H and O–H groups in total. The van der Waals surface area contributed by atoms with Crippen molar-refractivity contribution in [3.8, 4) is 0 Å². The van der Waals surface area contributed by atoms with Gasteiger partial charge in [0.2, 0.25) is 5.91 Å². The number of likely N-dealkylation sites (N-methyl/N-ethyl adjacent to an activating group) is 1. The van der Waals surface area contributed by atoms with Crippen molar-refractivity contribution in [3.63, 3.8) is 0 Å². The van der Waals surface area contributed by atoms with E-state index < -0.39 is 0 Å². The Bertz CT molecular complexity index is 741. The Morgan fingerprint density at radius 3 is 2.04 bits per heavy atom. The third-order valence-corrected chi connectivity index (χ3v) is 4.06. The summed E-state index contributed by atoms with van der Waals surface area (Å²) >= 11 is 0. The van der Waals surface area contributed by atoms with Crippen LogP contribution in [0.15, 0.2) is 48.5 Å². The second kappa shape index (κ2) is 7.51. The number of carbonyl (C=O) groups excluding carboxylic acids is 2. The van der Waals surface area contributed by atoms with Crippen molar-refractivity contribution in [1.29, 1.82) is 0 Å². The van der Waals surface area contributed by atoms with Crippen LogP contribution in [0.5, 0.6) is 0 Å². The first-order valence-electron chi connectivity index (χ1n) is 8.39. The van der Waals surface area contributed by atoms with E-state index in [2.05, 4.69) is 26.1 Å². The van der Waals surface area contributed by atoms with Crippen molar-refractivity contribution in [2.45, 2.75) is 33.1 Å². The standard InChI is InChI=1S/C21H26N2O2/c1-15-6-12-18(13-7-15)22-19(24)14-23(5)20(25)16-8-10-17(11-9-16)21(2,3)4/h6-13H,14H2,1-5H3,(H,22,24). The largest absolute Gasteiger partial charge is 0.332 e. The van der Waals surface area contributed by atoms with Crippen molar-refractivity contribution in [1.82, 2.24) is 4.90 Å². The second-order valence-corrected chi connectivity index (χ2v) is 7.40. The lowest BCUT2D eigenvalue weighted by Crippen LogP contribution is -2.35. The summed E-state index contributed by atoms with van der Waals surface area (Å²) in [4.78, 5) is 26.0. The predicted molar refractivity (Wildman–Crippen MR) is 102 cm³/mol. The van der Waals surface area contributed by atoms with Gasteiger partial charge in [0.1, 0.15) is 0 Å². The highest BCUT2D eigenvalue weighted by molar-refractivity contribution is 5.99. The summed E-state index contributed by atoms with van der Waals surface area (Å²) in [5.74, 6) is -0.384. The van der Waals surface area contributed by atoms with Crippen LogP contribution in [0, 0.1) is 6.92 Å². The molecule has 2 amide bonds. The van der Waals surface area contributed by atoms with E-state index in [9.17, 15) is 9.59 Å². The monoisotopic (exact) mass is 338 g/mol. The van der Waals surface area contributed by atoms with Crippen LogP contribution >= 0.6 is 0 Å². The van der Waals surface area contributed by atoms with E-state index in [1.165, 1.54) is 10.5 Å². The van der Waals surface area contributed by atoms with Gasteiger partial charge >= 0.3 is 0 Å². The number of anilines is 1. The van der Waals surface area contributed by atoms with Gasteiger partial charge in [-0.2, -0.15) is 0 Å². The molecule has 25 heavy (non-hydrogen) atoms. The molecule has 0 fully saturated rings. The van der Waals surface area contributed by atoms with E-state index in [0.29, 0.717) is 5.56 Å². The molecule has 2 aromatic rings. The minimum absolute atomic E-state index is 0.00767. The molecule has 2 rings (SSSR count). The Balaban J connectivity index is 1.97. The predicted octanol–water partition coefficient (Wildman–Crippen LogP) is 4.00. The molecule has 0 atom stereocenters. The number of carbonyl (C=O) groups is 2. The molecule has 0 heterocycles. The summed E-state index contributed by atoms with van der Waals surface area (Å²) in [5, 5.41) is 2.80. The number of aryl methyl sites for hydroxylation is 1. The highest BCUT2D eigenvalue weighted by Crippen LogP contribution is 2.22. The van der Waals surface area contributed by atoms with Gasteiger partial charge in [-0.1, -0.05) is 50.6 Å². The molecule has 0 aliphatic carbocycles. The highest BCUT2D eigenvalue weighted by atomic mass is 16.2. The molecule has 132 valence electrons. The average Bonchev–Trinajstić information content (AvgIpc) is 2.55. The van der Waals surface area contributed by atoms with Gasteiger partial charge in [0.05, 0.1) is 6.54 Å². The van der Waals surface area contributed by atoms with Gasteiger partial charge in [-0.15, -0.1) is 0 Å². The molecule has 0 aliphatic rings. The normalized spacial score (nSPS) is 11.1. The third-order valence-electron chi connectivity index (χ3n) is 4.06. The maximum Gasteiger partial charge on any atom is 0.254 e. The Morgan fingerprint density at radius 2 is 1.52 bits per heavy atom. The molecule has 0 saturated carbocycles. The summed E-state index contributed by atoms with van der Waals surface area (Å²) in [7, 11) is 1.63. The van der Waals surface area contributed by atoms with Crippen LogP contribution in [0.2, 0.25) is 0 Å². The van der Waals surface area contributed by atoms with E-state index in [1.54, 1.807) is 7.05 Å². The lowest BCUT2D eigenvalue weighted by Gasteiger charge is -2.20. The number of hydrogen-bond acceptors (Lipinski definition) is 2. The molecule has 0 aliphatic heterocycles. The zero-order chi connectivity index (χ0) is 18.6. The van der Waals surface area contributed by atoms with Gasteiger partial charge in [0, 0.05) is 18.3 Å². The van der Waals surface area contributed by atoms with Crippen molar-refractivity contribution >= 4 is 17.5 Å². The lowest BCUT2D eigenvalue weighted by atomic mass is 9.86. The molecule has 0 bridgehead atoms.